The molecular weight excluding hydrogens is 326 g/mol. The summed E-state index contributed by atoms with van der Waals surface area (Å²) in [5.41, 5.74) is 9.77. The van der Waals surface area contributed by atoms with E-state index in [9.17, 15) is 0 Å². The molecule has 2 nitrogen and oxygen atoms in total. The van der Waals surface area contributed by atoms with Crippen LogP contribution in [0.15, 0.2) is 46.9 Å². The van der Waals surface area contributed by atoms with Crippen LogP contribution in [0.1, 0.15) is 48.6 Å². The first kappa shape index (κ1) is 14.6. The molecule has 110 valence electrons. The number of aryl methyl sites for hydroxylation is 1. The molecule has 0 spiro atoms. The highest BCUT2D eigenvalue weighted by Gasteiger charge is 2.22. The average Bonchev–Trinajstić information content (AvgIpc) is 2.49. The van der Waals surface area contributed by atoms with Gasteiger partial charge in [0.25, 0.3) is 0 Å². The fourth-order valence-corrected chi connectivity index (χ4v) is 3.37. The first-order valence-corrected chi connectivity index (χ1v) is 8.24. The van der Waals surface area contributed by atoms with E-state index in [0.717, 1.165) is 28.6 Å². The van der Waals surface area contributed by atoms with Gasteiger partial charge in [-0.1, -0.05) is 30.3 Å². The van der Waals surface area contributed by atoms with Crippen LogP contribution in [0.2, 0.25) is 0 Å². The van der Waals surface area contributed by atoms with Gasteiger partial charge in [0, 0.05) is 6.04 Å². The number of rotatable bonds is 3. The predicted molar refractivity (Wildman–Crippen MR) is 89.5 cm³/mol. The van der Waals surface area contributed by atoms with Gasteiger partial charge in [-0.2, -0.15) is 0 Å². The van der Waals surface area contributed by atoms with Crippen LogP contribution in [0.5, 0.6) is 5.75 Å². The molecule has 0 heterocycles. The van der Waals surface area contributed by atoms with Gasteiger partial charge in [0.15, 0.2) is 0 Å². The number of hydrogen-bond donors (Lipinski definition) is 1. The van der Waals surface area contributed by atoms with Gasteiger partial charge in [-0.25, -0.2) is 0 Å². The number of nitrogens with two attached hydrogens (primary N) is 1. The number of hydrogen-bond acceptors (Lipinski definition) is 2. The maximum Gasteiger partial charge on any atom is 0.134 e. The summed E-state index contributed by atoms with van der Waals surface area (Å²) in [7, 11) is 0. The Balaban J connectivity index is 1.85. The molecule has 0 saturated carbocycles. The van der Waals surface area contributed by atoms with Gasteiger partial charge in [-0.15, -0.1) is 0 Å². The van der Waals surface area contributed by atoms with Gasteiger partial charge in [-0.05, 0) is 70.9 Å². The number of ether oxygens (including phenoxy) is 1. The first-order chi connectivity index (χ1) is 10.1. The van der Waals surface area contributed by atoms with Gasteiger partial charge < -0.3 is 10.5 Å². The average molecular weight is 346 g/mol. The molecule has 0 fully saturated rings. The van der Waals surface area contributed by atoms with Crippen molar-refractivity contribution in [2.45, 2.75) is 38.3 Å². The summed E-state index contributed by atoms with van der Waals surface area (Å²) >= 11 is 3.60. The van der Waals surface area contributed by atoms with Crippen molar-refractivity contribution in [3.63, 3.8) is 0 Å². The van der Waals surface area contributed by atoms with Crippen molar-refractivity contribution in [3.8, 4) is 5.75 Å². The van der Waals surface area contributed by atoms with E-state index in [-0.39, 0.29) is 12.1 Å². The van der Waals surface area contributed by atoms with E-state index in [4.69, 9.17) is 10.5 Å². The van der Waals surface area contributed by atoms with Gasteiger partial charge in [-0.3, -0.25) is 0 Å². The molecule has 2 N–H and O–H groups in total. The van der Waals surface area contributed by atoms with E-state index in [1.807, 2.05) is 19.1 Å². The highest BCUT2D eigenvalue weighted by Crippen LogP contribution is 2.36. The molecule has 2 aromatic rings. The van der Waals surface area contributed by atoms with Crippen molar-refractivity contribution in [2.24, 2.45) is 5.73 Å². The summed E-state index contributed by atoms with van der Waals surface area (Å²) in [6, 6.07) is 14.7. The van der Waals surface area contributed by atoms with Crippen LogP contribution in [-0.2, 0) is 6.42 Å². The second-order valence-corrected chi connectivity index (χ2v) is 6.53. The summed E-state index contributed by atoms with van der Waals surface area (Å²) in [4.78, 5) is 0. The van der Waals surface area contributed by atoms with E-state index in [2.05, 4.69) is 46.3 Å². The third-order valence-corrected chi connectivity index (χ3v) is 4.69. The van der Waals surface area contributed by atoms with E-state index in [1.54, 1.807) is 0 Å². The molecule has 0 bridgehead atoms. The van der Waals surface area contributed by atoms with Crippen LogP contribution < -0.4 is 10.5 Å². The summed E-state index contributed by atoms with van der Waals surface area (Å²) < 4.78 is 7.23. The third-order valence-electron chi connectivity index (χ3n) is 4.07. The third kappa shape index (κ3) is 3.14. The topological polar surface area (TPSA) is 35.2 Å². The summed E-state index contributed by atoms with van der Waals surface area (Å²) in [5, 5.41) is 0. The lowest BCUT2D eigenvalue weighted by Crippen LogP contribution is -2.15. The van der Waals surface area contributed by atoms with E-state index in [0.29, 0.717) is 0 Å². The van der Waals surface area contributed by atoms with Gasteiger partial charge in [0.1, 0.15) is 11.9 Å². The molecule has 0 saturated heterocycles. The quantitative estimate of drug-likeness (QED) is 0.856. The van der Waals surface area contributed by atoms with Crippen molar-refractivity contribution in [1.29, 1.82) is 0 Å². The minimum atomic E-state index is 0.0331. The fraction of sp³-hybridized carbons (Fsp3) is 0.333. The summed E-state index contributed by atoms with van der Waals surface area (Å²) in [5.74, 6) is 0.890. The summed E-state index contributed by atoms with van der Waals surface area (Å²) in [6.07, 6.45) is 3.55. The summed E-state index contributed by atoms with van der Waals surface area (Å²) in [6.45, 7) is 1.99. The van der Waals surface area contributed by atoms with E-state index in [1.165, 1.54) is 17.5 Å². The van der Waals surface area contributed by atoms with Gasteiger partial charge in [0.2, 0.25) is 0 Å². The molecule has 21 heavy (non-hydrogen) atoms. The predicted octanol–water partition coefficient (Wildman–Crippen LogP) is 4.93. The first-order valence-electron chi connectivity index (χ1n) is 7.44. The van der Waals surface area contributed by atoms with Crippen molar-refractivity contribution in [1.82, 2.24) is 0 Å². The maximum absolute atomic E-state index is 6.26. The minimum absolute atomic E-state index is 0.0331. The number of halogens is 1. The van der Waals surface area contributed by atoms with Crippen LogP contribution in [0, 0.1) is 0 Å². The van der Waals surface area contributed by atoms with E-state index < -0.39 is 0 Å². The minimum Gasteiger partial charge on any atom is -0.485 e. The molecular formula is C18H20BrNO. The smallest absolute Gasteiger partial charge is 0.134 e. The Morgan fingerprint density at radius 2 is 2.05 bits per heavy atom. The zero-order chi connectivity index (χ0) is 14.8. The SMILES string of the molecule is CC(N)c1ccc(OC2CCCc3ccccc32)c(Br)c1. The molecule has 3 heteroatoms. The molecule has 2 aromatic carbocycles. The fourth-order valence-electron chi connectivity index (χ4n) is 2.88. The Hall–Kier alpha value is -1.32. The maximum atomic E-state index is 6.26. The monoisotopic (exact) mass is 345 g/mol. The zero-order valence-corrected chi connectivity index (χ0v) is 13.8. The second kappa shape index (κ2) is 6.20. The van der Waals surface area contributed by atoms with Crippen molar-refractivity contribution in [3.05, 3.63) is 63.6 Å². The Morgan fingerprint density at radius 1 is 1.24 bits per heavy atom. The van der Waals surface area contributed by atoms with Crippen molar-refractivity contribution in [2.75, 3.05) is 0 Å². The molecule has 1 aliphatic carbocycles. The van der Waals surface area contributed by atoms with Crippen molar-refractivity contribution < 1.29 is 4.74 Å². The van der Waals surface area contributed by atoms with Crippen LogP contribution in [0.3, 0.4) is 0 Å². The standard InChI is InChI=1S/C18H20BrNO/c1-12(20)14-9-10-18(16(19)11-14)21-17-8-4-6-13-5-2-3-7-15(13)17/h2-3,5,7,9-12,17H,4,6,8,20H2,1H3. The highest BCUT2D eigenvalue weighted by molar-refractivity contribution is 9.10. The molecule has 3 rings (SSSR count). The lowest BCUT2D eigenvalue weighted by Gasteiger charge is -2.27. The molecule has 1 aliphatic rings. The second-order valence-electron chi connectivity index (χ2n) is 5.68. The lowest BCUT2D eigenvalue weighted by molar-refractivity contribution is 0.182. The Kier molecular flexibility index (Phi) is 4.32. The van der Waals surface area contributed by atoms with Gasteiger partial charge in [0.05, 0.1) is 4.47 Å². The highest BCUT2D eigenvalue weighted by atomic mass is 79.9. The lowest BCUT2D eigenvalue weighted by atomic mass is 9.89. The van der Waals surface area contributed by atoms with Gasteiger partial charge >= 0.3 is 0 Å². The van der Waals surface area contributed by atoms with Crippen LogP contribution >= 0.6 is 15.9 Å². The molecule has 0 radical (unpaired) electrons. The number of benzene rings is 2. The van der Waals surface area contributed by atoms with Crippen LogP contribution in [0.25, 0.3) is 0 Å². The molecule has 0 aliphatic heterocycles. The zero-order valence-electron chi connectivity index (χ0n) is 12.2. The van der Waals surface area contributed by atoms with Crippen LogP contribution in [0.4, 0.5) is 0 Å². The van der Waals surface area contributed by atoms with Crippen molar-refractivity contribution >= 4 is 15.9 Å². The molecule has 0 aromatic heterocycles. The van der Waals surface area contributed by atoms with E-state index >= 15 is 0 Å². The molecule has 2 atom stereocenters. The largest absolute Gasteiger partial charge is 0.485 e. The molecule has 2 unspecified atom stereocenters. The number of fused-ring (bicyclic) bond motifs is 1. The molecule has 0 amide bonds. The Bertz CT molecular complexity index is 639. The Morgan fingerprint density at radius 3 is 2.81 bits per heavy atom. The Labute approximate surface area is 134 Å². The van der Waals surface area contributed by atoms with Crippen LogP contribution in [-0.4, -0.2) is 0 Å². The normalized spacial score (nSPS) is 18.9.